The molecule has 0 aromatic carbocycles. The molecule has 6 nitrogen and oxygen atoms in total. The van der Waals surface area contributed by atoms with E-state index in [9.17, 15) is 8.42 Å². The fourth-order valence-electron chi connectivity index (χ4n) is 2.56. The van der Waals surface area contributed by atoms with E-state index in [1.54, 1.807) is 28.8 Å². The third kappa shape index (κ3) is 2.46. The van der Waals surface area contributed by atoms with Gasteiger partial charge in [0.15, 0.2) is 0 Å². The Bertz CT molecular complexity index is 655. The average molecular weight is 292 g/mol. The third-order valence-corrected chi connectivity index (χ3v) is 5.47. The molecule has 0 spiro atoms. The summed E-state index contributed by atoms with van der Waals surface area (Å²) in [6.45, 7) is 1.04. The number of rotatable bonds is 3. The predicted molar refractivity (Wildman–Crippen MR) is 73.6 cm³/mol. The first kappa shape index (κ1) is 13.3. The minimum absolute atomic E-state index is 0.178. The lowest BCUT2D eigenvalue weighted by Gasteiger charge is -2.31. The Morgan fingerprint density at radius 1 is 1.30 bits per heavy atom. The van der Waals surface area contributed by atoms with Crippen LogP contribution in [-0.4, -0.2) is 41.0 Å². The van der Waals surface area contributed by atoms with Crippen LogP contribution >= 0.6 is 0 Å². The van der Waals surface area contributed by atoms with E-state index >= 15 is 0 Å². The molecule has 0 aliphatic carbocycles. The zero-order valence-electron chi connectivity index (χ0n) is 10.9. The van der Waals surface area contributed by atoms with Crippen LogP contribution in [0, 0.1) is 0 Å². The maximum atomic E-state index is 12.6. The largest absolute Gasteiger partial charge is 0.282 e. The minimum atomic E-state index is -3.45. The zero-order chi connectivity index (χ0) is 14.0. The Hall–Kier alpha value is -1.73. The molecule has 1 saturated heterocycles. The van der Waals surface area contributed by atoms with Crippen molar-refractivity contribution < 1.29 is 8.42 Å². The van der Waals surface area contributed by atoms with Crippen molar-refractivity contribution in [1.29, 1.82) is 0 Å². The van der Waals surface area contributed by atoms with Gasteiger partial charge >= 0.3 is 0 Å². The van der Waals surface area contributed by atoms with Gasteiger partial charge in [0, 0.05) is 43.3 Å². The van der Waals surface area contributed by atoms with E-state index in [1.165, 1.54) is 6.20 Å². The standard InChI is InChI=1S/C13H16N4O2S/c18-20(19,12-4-1-6-14-9-12)17-8-2-3-11(10-17)13-5-7-15-16-13/h1,4-7,9,11H,2-3,8,10H2,(H,15,16)/t11-/m1/s1. The number of hydrogen-bond donors (Lipinski definition) is 1. The second kappa shape index (κ2) is 5.34. The van der Waals surface area contributed by atoms with Crippen LogP contribution in [-0.2, 0) is 10.0 Å². The van der Waals surface area contributed by atoms with Gasteiger partial charge in [-0.1, -0.05) is 0 Å². The molecule has 3 heterocycles. The number of H-pyrrole nitrogens is 1. The summed E-state index contributed by atoms with van der Waals surface area (Å²) in [5.41, 5.74) is 0.996. The lowest BCUT2D eigenvalue weighted by Crippen LogP contribution is -2.39. The zero-order valence-corrected chi connectivity index (χ0v) is 11.8. The van der Waals surface area contributed by atoms with Crippen molar-refractivity contribution in [1.82, 2.24) is 19.5 Å². The molecule has 0 amide bonds. The molecule has 1 aliphatic heterocycles. The normalized spacial score (nSPS) is 20.9. The van der Waals surface area contributed by atoms with Gasteiger partial charge in [0.1, 0.15) is 4.90 Å². The van der Waals surface area contributed by atoms with Gasteiger partial charge in [-0.25, -0.2) is 8.42 Å². The lowest BCUT2D eigenvalue weighted by molar-refractivity contribution is 0.312. The Morgan fingerprint density at radius 2 is 2.20 bits per heavy atom. The topological polar surface area (TPSA) is 79.0 Å². The first-order valence-corrected chi connectivity index (χ1v) is 8.01. The Balaban J connectivity index is 1.84. The number of aromatic nitrogens is 3. The van der Waals surface area contributed by atoms with E-state index in [0.29, 0.717) is 13.1 Å². The number of sulfonamides is 1. The molecule has 20 heavy (non-hydrogen) atoms. The molecule has 1 aliphatic rings. The summed E-state index contributed by atoms with van der Waals surface area (Å²) in [5.74, 6) is 0.178. The number of nitrogens with zero attached hydrogens (tertiary/aromatic N) is 3. The SMILES string of the molecule is O=S(=O)(c1cccnc1)N1CCC[C@@H](c2ccn[nH]2)C1. The molecule has 1 atom stereocenters. The smallest absolute Gasteiger partial charge is 0.244 e. The van der Waals surface area contributed by atoms with Gasteiger partial charge in [0.25, 0.3) is 0 Å². The summed E-state index contributed by atoms with van der Waals surface area (Å²) in [5, 5.41) is 6.87. The highest BCUT2D eigenvalue weighted by atomic mass is 32.2. The van der Waals surface area contributed by atoms with Crippen LogP contribution < -0.4 is 0 Å². The van der Waals surface area contributed by atoms with Crippen molar-refractivity contribution in [2.75, 3.05) is 13.1 Å². The van der Waals surface area contributed by atoms with Crippen molar-refractivity contribution in [3.8, 4) is 0 Å². The van der Waals surface area contributed by atoms with Gasteiger partial charge in [-0.15, -0.1) is 0 Å². The highest BCUT2D eigenvalue weighted by molar-refractivity contribution is 7.89. The van der Waals surface area contributed by atoms with Crippen molar-refractivity contribution >= 4 is 10.0 Å². The summed E-state index contributed by atoms with van der Waals surface area (Å²) in [4.78, 5) is 4.15. The number of hydrogen-bond acceptors (Lipinski definition) is 4. The Labute approximate surface area is 117 Å². The summed E-state index contributed by atoms with van der Waals surface area (Å²) in [7, 11) is -3.45. The molecule has 106 valence electrons. The second-order valence-electron chi connectivity index (χ2n) is 4.90. The Kier molecular flexibility index (Phi) is 3.54. The maximum Gasteiger partial charge on any atom is 0.244 e. The molecule has 0 unspecified atom stereocenters. The molecule has 2 aromatic heterocycles. The minimum Gasteiger partial charge on any atom is -0.282 e. The average Bonchev–Trinajstić information content (AvgIpc) is 3.03. The van der Waals surface area contributed by atoms with Gasteiger partial charge in [-0.05, 0) is 31.0 Å². The van der Waals surface area contributed by atoms with E-state index in [4.69, 9.17) is 0 Å². The van der Waals surface area contributed by atoms with Crippen LogP contribution in [0.15, 0.2) is 41.7 Å². The van der Waals surface area contributed by atoms with Gasteiger partial charge < -0.3 is 0 Å². The quantitative estimate of drug-likeness (QED) is 0.926. The predicted octanol–water partition coefficient (Wildman–Crippen LogP) is 1.37. The fourth-order valence-corrected chi connectivity index (χ4v) is 4.05. The van der Waals surface area contributed by atoms with Crippen molar-refractivity contribution in [3.63, 3.8) is 0 Å². The van der Waals surface area contributed by atoms with E-state index in [0.717, 1.165) is 18.5 Å². The van der Waals surface area contributed by atoms with Crippen LogP contribution in [0.5, 0.6) is 0 Å². The summed E-state index contributed by atoms with van der Waals surface area (Å²) >= 11 is 0. The van der Waals surface area contributed by atoms with E-state index in [-0.39, 0.29) is 10.8 Å². The first-order chi connectivity index (χ1) is 9.68. The monoisotopic (exact) mass is 292 g/mol. The lowest BCUT2D eigenvalue weighted by atomic mass is 9.96. The molecule has 3 rings (SSSR count). The van der Waals surface area contributed by atoms with Crippen LogP contribution in [0.25, 0.3) is 0 Å². The molecule has 0 radical (unpaired) electrons. The summed E-state index contributed by atoms with van der Waals surface area (Å²) < 4.78 is 26.7. The van der Waals surface area contributed by atoms with Crippen LogP contribution in [0.4, 0.5) is 0 Å². The fraction of sp³-hybridized carbons (Fsp3) is 0.385. The summed E-state index contributed by atoms with van der Waals surface area (Å²) in [6, 6.07) is 5.14. The van der Waals surface area contributed by atoms with E-state index < -0.39 is 10.0 Å². The second-order valence-corrected chi connectivity index (χ2v) is 6.84. The highest BCUT2D eigenvalue weighted by Crippen LogP contribution is 2.28. The molecule has 7 heteroatoms. The van der Waals surface area contributed by atoms with Gasteiger partial charge in [0.05, 0.1) is 0 Å². The molecule has 2 aromatic rings. The molecular weight excluding hydrogens is 276 g/mol. The van der Waals surface area contributed by atoms with Crippen molar-refractivity contribution in [2.45, 2.75) is 23.7 Å². The molecular formula is C13H16N4O2S. The molecule has 0 bridgehead atoms. The van der Waals surface area contributed by atoms with Crippen molar-refractivity contribution in [2.24, 2.45) is 0 Å². The molecule has 1 fully saturated rings. The molecule has 1 N–H and O–H groups in total. The number of pyridine rings is 1. The Morgan fingerprint density at radius 3 is 2.90 bits per heavy atom. The number of piperidine rings is 1. The summed E-state index contributed by atoms with van der Waals surface area (Å²) in [6.07, 6.45) is 6.49. The number of nitrogens with one attached hydrogen (secondary N) is 1. The first-order valence-electron chi connectivity index (χ1n) is 6.57. The van der Waals surface area contributed by atoms with E-state index in [2.05, 4.69) is 15.2 Å². The van der Waals surface area contributed by atoms with Crippen LogP contribution in [0.1, 0.15) is 24.5 Å². The number of aromatic amines is 1. The van der Waals surface area contributed by atoms with Gasteiger partial charge in [-0.2, -0.15) is 9.40 Å². The van der Waals surface area contributed by atoms with Gasteiger partial charge in [0.2, 0.25) is 10.0 Å². The van der Waals surface area contributed by atoms with Crippen LogP contribution in [0.2, 0.25) is 0 Å². The maximum absolute atomic E-state index is 12.6. The third-order valence-electron chi connectivity index (χ3n) is 3.62. The van der Waals surface area contributed by atoms with Crippen LogP contribution in [0.3, 0.4) is 0 Å². The highest BCUT2D eigenvalue weighted by Gasteiger charge is 2.31. The van der Waals surface area contributed by atoms with E-state index in [1.807, 2.05) is 6.07 Å². The van der Waals surface area contributed by atoms with Gasteiger partial charge in [-0.3, -0.25) is 10.1 Å². The molecule has 0 saturated carbocycles. The van der Waals surface area contributed by atoms with Crippen molar-refractivity contribution in [3.05, 3.63) is 42.5 Å².